The molecule has 8 nitrogen and oxygen atoms in total. The molecule has 4 heterocycles. The number of carbonyl (C=O) groups is 1. The molecule has 0 bridgehead atoms. The number of ether oxygens (including phenoxy) is 1. The zero-order valence-corrected chi connectivity index (χ0v) is 21.5. The number of imidazole rings is 1. The molecule has 0 spiro atoms. The van der Waals surface area contributed by atoms with Crippen LogP contribution in [0.4, 0.5) is 5.69 Å². The van der Waals surface area contributed by atoms with Crippen LogP contribution in [0.5, 0.6) is 0 Å². The number of hydrogen-bond acceptors (Lipinski definition) is 5. The highest BCUT2D eigenvalue weighted by Gasteiger charge is 2.45. The van der Waals surface area contributed by atoms with Gasteiger partial charge >= 0.3 is 0 Å². The first kappa shape index (κ1) is 22.9. The maximum absolute atomic E-state index is 14.1. The van der Waals surface area contributed by atoms with Crippen LogP contribution in [0.1, 0.15) is 65.5 Å². The number of aryl methyl sites for hydroxylation is 2. The van der Waals surface area contributed by atoms with Crippen molar-refractivity contribution in [2.45, 2.75) is 39.3 Å². The molecule has 6 rings (SSSR count). The SMILES string of the molecule is Cc1cc(N2C(=O)c3nc(C4=CCOCC4)n(C(C)C)c3[C@H]2c2ccc(Cl)cc2)cc2c1nnn2C. The van der Waals surface area contributed by atoms with Crippen LogP contribution in [0.2, 0.25) is 5.02 Å². The summed E-state index contributed by atoms with van der Waals surface area (Å²) in [6.45, 7) is 7.47. The summed E-state index contributed by atoms with van der Waals surface area (Å²) >= 11 is 6.25. The van der Waals surface area contributed by atoms with E-state index < -0.39 is 0 Å². The number of hydrogen-bond donors (Lipinski definition) is 0. The second-order valence-electron chi connectivity index (χ2n) is 9.66. The smallest absolute Gasteiger partial charge is 0.279 e. The van der Waals surface area contributed by atoms with E-state index in [1.54, 1.807) is 4.68 Å². The molecule has 2 aliphatic rings. The van der Waals surface area contributed by atoms with E-state index in [9.17, 15) is 4.79 Å². The van der Waals surface area contributed by atoms with E-state index >= 15 is 0 Å². The molecule has 1 amide bonds. The van der Waals surface area contributed by atoms with Gasteiger partial charge in [0.1, 0.15) is 17.4 Å². The number of carbonyl (C=O) groups excluding carboxylic acids is 1. The van der Waals surface area contributed by atoms with Crippen LogP contribution >= 0.6 is 11.6 Å². The molecule has 9 heteroatoms. The first-order valence-corrected chi connectivity index (χ1v) is 12.5. The Bertz CT molecular complexity index is 1530. The van der Waals surface area contributed by atoms with Crippen molar-refractivity contribution in [1.82, 2.24) is 24.5 Å². The summed E-state index contributed by atoms with van der Waals surface area (Å²) in [7, 11) is 1.86. The zero-order chi connectivity index (χ0) is 25.1. The summed E-state index contributed by atoms with van der Waals surface area (Å²) in [4.78, 5) is 20.9. The van der Waals surface area contributed by atoms with E-state index in [-0.39, 0.29) is 18.0 Å². The van der Waals surface area contributed by atoms with Gasteiger partial charge in [0.25, 0.3) is 5.91 Å². The standard InChI is InChI=1S/C27H27ClN6O2/c1-15(2)33-25-23(29-26(33)18-9-11-36-12-10-18)27(35)34(24(25)17-5-7-19(28)8-6-17)20-13-16(3)22-21(14-20)32(4)31-30-22/h5-9,13-15,24H,10-12H2,1-4H3/t24-/m1/s1. The van der Waals surface area contributed by atoms with E-state index in [0.717, 1.165) is 51.4 Å². The van der Waals surface area contributed by atoms with Crippen molar-refractivity contribution < 1.29 is 9.53 Å². The average molecular weight is 503 g/mol. The number of nitrogens with zero attached hydrogens (tertiary/aromatic N) is 6. The number of benzene rings is 2. The predicted molar refractivity (Wildman–Crippen MR) is 139 cm³/mol. The molecule has 1 atom stereocenters. The second-order valence-corrected chi connectivity index (χ2v) is 10.1. The lowest BCUT2D eigenvalue weighted by atomic mass is 10.0. The van der Waals surface area contributed by atoms with Crippen LogP contribution < -0.4 is 4.90 Å². The Morgan fingerprint density at radius 1 is 1.17 bits per heavy atom. The number of aromatic nitrogens is 5. The van der Waals surface area contributed by atoms with Crippen LogP contribution in [-0.4, -0.2) is 43.7 Å². The van der Waals surface area contributed by atoms with Crippen LogP contribution in [0.15, 0.2) is 42.5 Å². The van der Waals surface area contributed by atoms with E-state index in [0.29, 0.717) is 23.9 Å². The lowest BCUT2D eigenvalue weighted by Crippen LogP contribution is -2.30. The molecule has 2 aromatic heterocycles. The number of fused-ring (bicyclic) bond motifs is 2. The Morgan fingerprint density at radius 2 is 1.94 bits per heavy atom. The lowest BCUT2D eigenvalue weighted by molar-refractivity contribution is 0.0989. The molecule has 0 N–H and O–H groups in total. The summed E-state index contributed by atoms with van der Waals surface area (Å²) in [6, 6.07) is 11.5. The van der Waals surface area contributed by atoms with Crippen molar-refractivity contribution in [2.75, 3.05) is 18.1 Å². The third kappa shape index (κ3) is 3.47. The quantitative estimate of drug-likeness (QED) is 0.380. The summed E-state index contributed by atoms with van der Waals surface area (Å²) < 4.78 is 9.49. The van der Waals surface area contributed by atoms with Crippen LogP contribution in [0, 0.1) is 6.92 Å². The third-order valence-electron chi connectivity index (χ3n) is 7.01. The Labute approximate surface area is 214 Å². The molecule has 0 saturated heterocycles. The normalized spacial score (nSPS) is 17.8. The molecule has 2 aliphatic heterocycles. The predicted octanol–water partition coefficient (Wildman–Crippen LogP) is 5.26. The molecule has 4 aromatic rings. The molecule has 0 radical (unpaired) electrons. The molecule has 0 fully saturated rings. The molecule has 0 unspecified atom stereocenters. The molecule has 2 aromatic carbocycles. The number of rotatable bonds is 4. The first-order valence-electron chi connectivity index (χ1n) is 12.1. The fourth-order valence-corrected chi connectivity index (χ4v) is 5.46. The number of halogens is 1. The van der Waals surface area contributed by atoms with Gasteiger partial charge in [0, 0.05) is 23.8 Å². The van der Waals surface area contributed by atoms with E-state index in [4.69, 9.17) is 21.3 Å². The maximum atomic E-state index is 14.1. The van der Waals surface area contributed by atoms with Gasteiger partial charge in [-0.15, -0.1) is 5.10 Å². The van der Waals surface area contributed by atoms with Gasteiger partial charge in [-0.25, -0.2) is 9.67 Å². The summed E-state index contributed by atoms with van der Waals surface area (Å²) in [5, 5.41) is 9.11. The van der Waals surface area contributed by atoms with Crippen LogP contribution in [0.25, 0.3) is 16.6 Å². The summed E-state index contributed by atoms with van der Waals surface area (Å²) in [5.74, 6) is 0.736. The number of anilines is 1. The molecule has 184 valence electrons. The third-order valence-corrected chi connectivity index (χ3v) is 7.26. The van der Waals surface area contributed by atoms with E-state index in [1.165, 1.54) is 0 Å². The fourth-order valence-electron chi connectivity index (χ4n) is 5.33. The minimum Gasteiger partial charge on any atom is -0.377 e. The van der Waals surface area contributed by atoms with Crippen molar-refractivity contribution in [3.63, 3.8) is 0 Å². The van der Waals surface area contributed by atoms with Crippen molar-refractivity contribution >= 4 is 39.8 Å². The highest BCUT2D eigenvalue weighted by molar-refractivity contribution is 6.30. The monoisotopic (exact) mass is 502 g/mol. The van der Waals surface area contributed by atoms with Crippen molar-refractivity contribution in [2.24, 2.45) is 7.05 Å². The molecular formula is C27H27ClN6O2. The van der Waals surface area contributed by atoms with Gasteiger partial charge in [0.15, 0.2) is 5.69 Å². The van der Waals surface area contributed by atoms with Gasteiger partial charge in [-0.1, -0.05) is 35.0 Å². The van der Waals surface area contributed by atoms with Gasteiger partial charge in [0.2, 0.25) is 0 Å². The average Bonchev–Trinajstić information content (AvgIpc) is 3.52. The van der Waals surface area contributed by atoms with E-state index in [2.05, 4.69) is 34.8 Å². The molecule has 0 saturated carbocycles. The Kier molecular flexibility index (Phi) is 5.46. The Morgan fingerprint density at radius 3 is 2.64 bits per heavy atom. The van der Waals surface area contributed by atoms with Crippen molar-refractivity contribution in [3.8, 4) is 0 Å². The minimum absolute atomic E-state index is 0.105. The zero-order valence-electron chi connectivity index (χ0n) is 20.7. The van der Waals surface area contributed by atoms with Gasteiger partial charge < -0.3 is 9.30 Å². The number of amides is 1. The molecule has 0 aliphatic carbocycles. The van der Waals surface area contributed by atoms with Gasteiger partial charge in [-0.05, 0) is 68.2 Å². The Hall–Kier alpha value is -3.49. The molecular weight excluding hydrogens is 476 g/mol. The van der Waals surface area contributed by atoms with Crippen molar-refractivity contribution in [1.29, 1.82) is 0 Å². The largest absolute Gasteiger partial charge is 0.377 e. The van der Waals surface area contributed by atoms with Crippen LogP contribution in [0.3, 0.4) is 0 Å². The van der Waals surface area contributed by atoms with Gasteiger partial charge in [-0.3, -0.25) is 9.69 Å². The fraction of sp³-hybridized carbons (Fsp3) is 0.333. The van der Waals surface area contributed by atoms with Crippen LogP contribution in [-0.2, 0) is 11.8 Å². The van der Waals surface area contributed by atoms with Gasteiger partial charge in [0.05, 0.1) is 24.4 Å². The summed E-state index contributed by atoms with van der Waals surface area (Å²) in [6.07, 6.45) is 2.85. The second kappa shape index (κ2) is 8.57. The highest BCUT2D eigenvalue weighted by Crippen LogP contribution is 2.45. The van der Waals surface area contributed by atoms with Gasteiger partial charge in [-0.2, -0.15) is 0 Å². The maximum Gasteiger partial charge on any atom is 0.279 e. The van der Waals surface area contributed by atoms with E-state index in [1.807, 2.05) is 55.3 Å². The lowest BCUT2D eigenvalue weighted by Gasteiger charge is -2.29. The highest BCUT2D eigenvalue weighted by atomic mass is 35.5. The first-order chi connectivity index (χ1) is 17.3. The van der Waals surface area contributed by atoms with Crippen molar-refractivity contribution in [3.05, 3.63) is 75.8 Å². The molecule has 36 heavy (non-hydrogen) atoms. The Balaban J connectivity index is 1.59. The topological polar surface area (TPSA) is 78.1 Å². The minimum atomic E-state index is -0.355. The summed E-state index contributed by atoms with van der Waals surface area (Å²) in [5.41, 5.74) is 6.94.